The molecular formula is C19H21NO4S. The van der Waals surface area contributed by atoms with Gasteiger partial charge in [0.05, 0.1) is 12.7 Å². The highest BCUT2D eigenvalue weighted by atomic mass is 32.1. The second kappa shape index (κ2) is 7.70. The first-order chi connectivity index (χ1) is 12.1. The first kappa shape index (κ1) is 17.5. The number of fused-ring (bicyclic) bond motifs is 1. The number of benzene rings is 1. The maximum atomic E-state index is 12.7. The van der Waals surface area contributed by atoms with Gasteiger partial charge in [-0.1, -0.05) is 12.1 Å². The fourth-order valence-corrected chi connectivity index (χ4v) is 4.34. The Morgan fingerprint density at radius 1 is 1.24 bits per heavy atom. The number of ether oxygens (including phenoxy) is 2. The number of amides is 1. The lowest BCUT2D eigenvalue weighted by molar-refractivity contribution is -0.114. The van der Waals surface area contributed by atoms with E-state index in [0.29, 0.717) is 10.6 Å². The Bertz CT molecular complexity index is 797. The van der Waals surface area contributed by atoms with Crippen molar-refractivity contribution in [3.8, 4) is 5.75 Å². The zero-order valence-corrected chi connectivity index (χ0v) is 15.2. The molecule has 1 aliphatic rings. The number of rotatable bonds is 5. The van der Waals surface area contributed by atoms with Crippen LogP contribution in [0.1, 0.15) is 46.1 Å². The van der Waals surface area contributed by atoms with Crippen molar-refractivity contribution in [1.29, 1.82) is 0 Å². The molecule has 25 heavy (non-hydrogen) atoms. The molecule has 1 amide bonds. The fourth-order valence-electron chi connectivity index (χ4n) is 3.01. The Morgan fingerprint density at radius 2 is 2.04 bits per heavy atom. The summed E-state index contributed by atoms with van der Waals surface area (Å²) in [5.41, 5.74) is 2.42. The van der Waals surface area contributed by atoms with Gasteiger partial charge in [0.25, 0.3) is 0 Å². The molecule has 0 aliphatic heterocycles. The van der Waals surface area contributed by atoms with Gasteiger partial charge in [-0.15, -0.1) is 11.3 Å². The maximum absolute atomic E-state index is 12.7. The number of thiophene rings is 1. The van der Waals surface area contributed by atoms with Crippen molar-refractivity contribution in [3.63, 3.8) is 0 Å². The Hall–Kier alpha value is -2.34. The maximum Gasteiger partial charge on any atom is 0.341 e. The number of carbonyl (C=O) groups is 2. The molecule has 132 valence electrons. The Kier molecular flexibility index (Phi) is 5.38. The summed E-state index contributed by atoms with van der Waals surface area (Å²) in [4.78, 5) is 25.4. The third-order valence-corrected chi connectivity index (χ3v) is 5.38. The lowest BCUT2D eigenvalue weighted by Crippen LogP contribution is -2.13. The molecule has 1 aromatic carbocycles. The molecular weight excluding hydrogens is 338 g/mol. The quantitative estimate of drug-likeness (QED) is 0.821. The largest absolute Gasteiger partial charge is 0.497 e. The first-order valence-corrected chi connectivity index (χ1v) is 9.12. The van der Waals surface area contributed by atoms with E-state index in [9.17, 15) is 9.59 Å². The van der Waals surface area contributed by atoms with E-state index < -0.39 is 0 Å². The van der Waals surface area contributed by atoms with Crippen molar-refractivity contribution in [2.24, 2.45) is 0 Å². The number of anilines is 1. The monoisotopic (exact) mass is 359 g/mol. The van der Waals surface area contributed by atoms with Crippen molar-refractivity contribution in [2.45, 2.75) is 39.2 Å². The molecule has 0 saturated heterocycles. The van der Waals surface area contributed by atoms with Crippen LogP contribution in [0.15, 0.2) is 24.3 Å². The second-order valence-electron chi connectivity index (χ2n) is 6.02. The van der Waals surface area contributed by atoms with Gasteiger partial charge in [0.2, 0.25) is 5.91 Å². The summed E-state index contributed by atoms with van der Waals surface area (Å²) in [6, 6.07) is 7.42. The number of carbonyl (C=O) groups excluding carboxylic acids is 2. The lowest BCUT2D eigenvalue weighted by Gasteiger charge is -2.13. The number of nitrogens with one attached hydrogen (secondary N) is 1. The molecule has 1 aromatic heterocycles. The van der Waals surface area contributed by atoms with Crippen LogP contribution in [0.4, 0.5) is 5.00 Å². The second-order valence-corrected chi connectivity index (χ2v) is 7.13. The minimum atomic E-state index is -0.383. The average molecular weight is 359 g/mol. The molecule has 5 nitrogen and oxygen atoms in total. The van der Waals surface area contributed by atoms with Gasteiger partial charge < -0.3 is 14.8 Å². The van der Waals surface area contributed by atoms with E-state index in [0.717, 1.165) is 42.6 Å². The molecule has 0 radical (unpaired) electrons. The summed E-state index contributed by atoms with van der Waals surface area (Å²) < 4.78 is 10.7. The smallest absolute Gasteiger partial charge is 0.341 e. The van der Waals surface area contributed by atoms with Crippen LogP contribution in [0.3, 0.4) is 0 Å². The Labute approximate surface area is 151 Å². The van der Waals surface area contributed by atoms with Crippen molar-refractivity contribution in [1.82, 2.24) is 0 Å². The van der Waals surface area contributed by atoms with Crippen molar-refractivity contribution in [2.75, 3.05) is 12.4 Å². The summed E-state index contributed by atoms with van der Waals surface area (Å²) in [6.45, 7) is 1.62. The molecule has 0 unspecified atom stereocenters. The highest BCUT2D eigenvalue weighted by Gasteiger charge is 2.27. The molecule has 0 fully saturated rings. The van der Waals surface area contributed by atoms with Crippen LogP contribution in [0.25, 0.3) is 0 Å². The van der Waals surface area contributed by atoms with Gasteiger partial charge in [-0.05, 0) is 48.9 Å². The first-order valence-electron chi connectivity index (χ1n) is 8.30. The number of esters is 1. The molecule has 1 N–H and O–H groups in total. The van der Waals surface area contributed by atoms with E-state index in [1.54, 1.807) is 7.11 Å². The van der Waals surface area contributed by atoms with Crippen LogP contribution >= 0.6 is 11.3 Å². The van der Waals surface area contributed by atoms with Gasteiger partial charge in [-0.3, -0.25) is 4.79 Å². The normalized spacial score (nSPS) is 13.0. The minimum Gasteiger partial charge on any atom is -0.497 e. The van der Waals surface area contributed by atoms with Crippen LogP contribution in [0.5, 0.6) is 5.75 Å². The molecule has 1 aliphatic carbocycles. The van der Waals surface area contributed by atoms with Crippen molar-refractivity contribution < 1.29 is 19.1 Å². The molecule has 0 spiro atoms. The van der Waals surface area contributed by atoms with E-state index in [2.05, 4.69) is 5.32 Å². The third kappa shape index (κ3) is 4.02. The molecule has 3 rings (SSSR count). The average Bonchev–Trinajstić information content (AvgIpc) is 2.97. The van der Waals surface area contributed by atoms with Crippen molar-refractivity contribution in [3.05, 3.63) is 45.8 Å². The van der Waals surface area contributed by atoms with Crippen LogP contribution in [0.2, 0.25) is 0 Å². The molecule has 0 atom stereocenters. The zero-order valence-electron chi connectivity index (χ0n) is 14.4. The van der Waals surface area contributed by atoms with E-state index >= 15 is 0 Å². The zero-order chi connectivity index (χ0) is 17.8. The van der Waals surface area contributed by atoms with Gasteiger partial charge >= 0.3 is 5.97 Å². The minimum absolute atomic E-state index is 0.167. The van der Waals surface area contributed by atoms with E-state index in [1.807, 2.05) is 24.3 Å². The lowest BCUT2D eigenvalue weighted by atomic mass is 9.95. The topological polar surface area (TPSA) is 64.6 Å². The van der Waals surface area contributed by atoms with Crippen LogP contribution in [-0.4, -0.2) is 19.0 Å². The highest BCUT2D eigenvalue weighted by molar-refractivity contribution is 7.17. The summed E-state index contributed by atoms with van der Waals surface area (Å²) in [7, 11) is 1.60. The van der Waals surface area contributed by atoms with E-state index in [-0.39, 0.29) is 18.5 Å². The Balaban J connectivity index is 1.80. The van der Waals surface area contributed by atoms with Gasteiger partial charge in [0.15, 0.2) is 0 Å². The van der Waals surface area contributed by atoms with Crippen LogP contribution in [-0.2, 0) is 29.0 Å². The molecule has 0 saturated carbocycles. The predicted molar refractivity (Wildman–Crippen MR) is 97.4 cm³/mol. The summed E-state index contributed by atoms with van der Waals surface area (Å²) in [6.07, 6.45) is 3.98. The van der Waals surface area contributed by atoms with Gasteiger partial charge in [-0.25, -0.2) is 4.79 Å². The molecule has 6 heteroatoms. The number of hydrogen-bond acceptors (Lipinski definition) is 5. The SMILES string of the molecule is COc1cccc(COC(=O)c2c(NC(C)=O)sc3c2CCCC3)c1. The number of methoxy groups -OCH3 is 1. The van der Waals surface area contributed by atoms with E-state index in [1.165, 1.54) is 23.1 Å². The van der Waals surface area contributed by atoms with Crippen LogP contribution < -0.4 is 10.1 Å². The van der Waals surface area contributed by atoms with Gasteiger partial charge in [0, 0.05) is 11.8 Å². The number of hydrogen-bond donors (Lipinski definition) is 1. The standard InChI is InChI=1S/C19H21NO4S/c1-12(21)20-18-17(15-8-3-4-9-16(15)25-18)19(22)24-11-13-6-5-7-14(10-13)23-2/h5-7,10H,3-4,8-9,11H2,1-2H3,(H,20,21). The molecule has 2 aromatic rings. The van der Waals surface area contributed by atoms with Crippen LogP contribution in [0, 0.1) is 0 Å². The predicted octanol–water partition coefficient (Wildman–Crippen LogP) is 3.95. The highest BCUT2D eigenvalue weighted by Crippen LogP contribution is 2.38. The fraction of sp³-hybridized carbons (Fsp3) is 0.368. The summed E-state index contributed by atoms with van der Waals surface area (Å²) in [5, 5.41) is 3.39. The molecule has 1 heterocycles. The Morgan fingerprint density at radius 3 is 2.80 bits per heavy atom. The summed E-state index contributed by atoms with van der Waals surface area (Å²) in [5.74, 6) is 0.159. The summed E-state index contributed by atoms with van der Waals surface area (Å²) >= 11 is 1.49. The molecule has 0 bridgehead atoms. The number of aryl methyl sites for hydroxylation is 1. The van der Waals surface area contributed by atoms with Gasteiger partial charge in [0.1, 0.15) is 17.4 Å². The van der Waals surface area contributed by atoms with E-state index in [4.69, 9.17) is 9.47 Å². The third-order valence-electron chi connectivity index (χ3n) is 4.17. The van der Waals surface area contributed by atoms with Gasteiger partial charge in [-0.2, -0.15) is 0 Å². The van der Waals surface area contributed by atoms with Crippen molar-refractivity contribution >= 4 is 28.2 Å².